The summed E-state index contributed by atoms with van der Waals surface area (Å²) in [5, 5.41) is 2.08. The molecule has 0 bridgehead atoms. The third-order valence-corrected chi connectivity index (χ3v) is 4.65. The Morgan fingerprint density at radius 2 is 1.19 bits per heavy atom. The lowest BCUT2D eigenvalue weighted by molar-refractivity contribution is -0.275. The fourth-order valence-corrected chi connectivity index (χ4v) is 3.22. The summed E-state index contributed by atoms with van der Waals surface area (Å²) in [6.45, 7) is 0. The van der Waals surface area contributed by atoms with Gasteiger partial charge >= 0.3 is 18.9 Å². The molecule has 0 atom stereocenters. The highest BCUT2D eigenvalue weighted by Gasteiger charge is 2.37. The summed E-state index contributed by atoms with van der Waals surface area (Å²) >= 11 is 0. The topological polar surface area (TPSA) is 80.4 Å². The van der Waals surface area contributed by atoms with E-state index in [0.29, 0.717) is 12.1 Å². The maximum atomic E-state index is 13.0. The molecular weight excluding hydrogens is 527 g/mol. The number of alkyl halides is 9. The van der Waals surface area contributed by atoms with Gasteiger partial charge < -0.3 is 19.8 Å². The Morgan fingerprint density at radius 1 is 0.730 bits per heavy atom. The molecule has 1 amide bonds. The Kier molecular flexibility index (Phi) is 7.46. The molecule has 198 valence electrons. The number of amides is 1. The lowest BCUT2D eigenvalue weighted by atomic mass is 9.96. The second-order valence-corrected chi connectivity index (χ2v) is 7.19. The van der Waals surface area contributed by atoms with Gasteiger partial charge in [0, 0.05) is 11.1 Å². The average Bonchev–Trinajstić information content (AvgIpc) is 2.75. The zero-order valence-electron chi connectivity index (χ0n) is 17.9. The van der Waals surface area contributed by atoms with Gasteiger partial charge in [0.05, 0.1) is 6.04 Å². The smallest absolute Gasteiger partial charge is 0.405 e. The molecule has 3 rings (SSSR count). The van der Waals surface area contributed by atoms with Crippen molar-refractivity contribution in [3.05, 3.63) is 93.4 Å². The molecule has 0 saturated heterocycles. The zero-order valence-corrected chi connectivity index (χ0v) is 17.9. The first kappa shape index (κ1) is 27.4. The molecule has 2 aromatic carbocycles. The van der Waals surface area contributed by atoms with Gasteiger partial charge in [-0.3, -0.25) is 9.59 Å². The van der Waals surface area contributed by atoms with E-state index < -0.39 is 70.3 Å². The highest BCUT2D eigenvalue weighted by atomic mass is 19.4. The number of benzene rings is 2. The van der Waals surface area contributed by atoms with Crippen LogP contribution in [-0.2, 0) is 6.18 Å². The predicted molar refractivity (Wildman–Crippen MR) is 108 cm³/mol. The highest BCUT2D eigenvalue weighted by Crippen LogP contribution is 2.38. The van der Waals surface area contributed by atoms with Gasteiger partial charge in [-0.15, -0.1) is 26.3 Å². The number of H-pyrrole nitrogens is 1. The summed E-state index contributed by atoms with van der Waals surface area (Å²) in [7, 11) is 0. The molecule has 15 heteroatoms. The van der Waals surface area contributed by atoms with E-state index in [1.165, 1.54) is 17.1 Å². The van der Waals surface area contributed by atoms with Crippen molar-refractivity contribution < 1.29 is 53.8 Å². The number of hydrogen-bond donors (Lipinski definition) is 2. The first-order chi connectivity index (χ1) is 17.0. The van der Waals surface area contributed by atoms with Gasteiger partial charge in [-0.25, -0.2) is 0 Å². The number of aromatic amines is 1. The molecule has 1 heterocycles. The average molecular weight is 540 g/mol. The number of ether oxygens (including phenoxy) is 2. The monoisotopic (exact) mass is 540 g/mol. The maximum Gasteiger partial charge on any atom is 0.573 e. The Bertz CT molecular complexity index is 1270. The van der Waals surface area contributed by atoms with Crippen molar-refractivity contribution in [3.8, 4) is 11.5 Å². The van der Waals surface area contributed by atoms with E-state index in [0.717, 1.165) is 36.4 Å². The van der Waals surface area contributed by atoms with E-state index >= 15 is 0 Å². The van der Waals surface area contributed by atoms with Crippen LogP contribution in [-0.4, -0.2) is 23.6 Å². The van der Waals surface area contributed by atoms with E-state index in [4.69, 9.17) is 0 Å². The number of carbonyl (C=O) groups is 1. The Balaban J connectivity index is 2.13. The third kappa shape index (κ3) is 7.17. The Labute approximate surface area is 200 Å². The Morgan fingerprint density at radius 3 is 1.59 bits per heavy atom. The molecule has 0 aliphatic heterocycles. The summed E-state index contributed by atoms with van der Waals surface area (Å²) in [6.07, 6.45) is -15.4. The SMILES string of the molecule is O=C(NC(c1ccccc1OC(F)(F)F)c1ccccc1OC(F)(F)F)c1ccc(C(F)(F)F)[nH]c1=O. The second-order valence-electron chi connectivity index (χ2n) is 7.19. The van der Waals surface area contributed by atoms with Crippen molar-refractivity contribution >= 4 is 5.91 Å². The van der Waals surface area contributed by atoms with Gasteiger partial charge in [-0.05, 0) is 24.3 Å². The minimum absolute atomic E-state index is 0.368. The van der Waals surface area contributed by atoms with E-state index in [1.807, 2.05) is 0 Å². The van der Waals surface area contributed by atoms with Crippen molar-refractivity contribution in [2.24, 2.45) is 0 Å². The summed E-state index contributed by atoms with van der Waals surface area (Å²) in [5.41, 5.74) is -4.91. The van der Waals surface area contributed by atoms with Gasteiger partial charge in [0.1, 0.15) is 22.8 Å². The number of aromatic nitrogens is 1. The van der Waals surface area contributed by atoms with Crippen LogP contribution in [0.3, 0.4) is 0 Å². The molecule has 2 N–H and O–H groups in total. The van der Waals surface area contributed by atoms with E-state index in [9.17, 15) is 49.1 Å². The predicted octanol–water partition coefficient (Wildman–Crippen LogP) is 5.71. The van der Waals surface area contributed by atoms with Gasteiger partial charge in [0.15, 0.2) is 0 Å². The van der Waals surface area contributed by atoms with Crippen LogP contribution in [0.2, 0.25) is 0 Å². The van der Waals surface area contributed by atoms with Gasteiger partial charge in [-0.1, -0.05) is 36.4 Å². The van der Waals surface area contributed by atoms with Crippen LogP contribution in [0.15, 0.2) is 65.5 Å². The number of hydrogen-bond acceptors (Lipinski definition) is 4. The molecule has 0 saturated carbocycles. The molecule has 0 fully saturated rings. The third-order valence-electron chi connectivity index (χ3n) is 4.65. The van der Waals surface area contributed by atoms with E-state index in [1.54, 1.807) is 0 Å². The number of para-hydroxylation sites is 2. The van der Waals surface area contributed by atoms with Crippen molar-refractivity contribution in [3.63, 3.8) is 0 Å². The fraction of sp³-hybridized carbons (Fsp3) is 0.182. The lowest BCUT2D eigenvalue weighted by Gasteiger charge is -2.25. The summed E-state index contributed by atoms with van der Waals surface area (Å²) in [6, 6.07) is 7.25. The van der Waals surface area contributed by atoms with Crippen molar-refractivity contribution in [2.75, 3.05) is 0 Å². The molecule has 0 aliphatic rings. The Hall–Kier alpha value is -4.17. The van der Waals surface area contributed by atoms with Gasteiger partial charge in [0.2, 0.25) is 0 Å². The van der Waals surface area contributed by atoms with Gasteiger partial charge in [0.25, 0.3) is 11.5 Å². The van der Waals surface area contributed by atoms with Crippen LogP contribution in [0.25, 0.3) is 0 Å². The molecule has 0 radical (unpaired) electrons. The molecule has 0 aliphatic carbocycles. The van der Waals surface area contributed by atoms with Crippen LogP contribution >= 0.6 is 0 Å². The summed E-state index contributed by atoms with van der Waals surface area (Å²) in [4.78, 5) is 26.4. The van der Waals surface area contributed by atoms with Crippen LogP contribution in [0, 0.1) is 0 Å². The minimum atomic E-state index is -5.24. The van der Waals surface area contributed by atoms with Crippen LogP contribution in [0.5, 0.6) is 11.5 Å². The number of rotatable bonds is 6. The highest BCUT2D eigenvalue weighted by molar-refractivity contribution is 5.94. The van der Waals surface area contributed by atoms with Crippen molar-refractivity contribution in [1.82, 2.24) is 10.3 Å². The molecule has 3 aromatic rings. The largest absolute Gasteiger partial charge is 0.573 e. The number of pyridine rings is 1. The molecule has 6 nitrogen and oxygen atoms in total. The van der Waals surface area contributed by atoms with Crippen LogP contribution in [0.4, 0.5) is 39.5 Å². The number of halogens is 9. The van der Waals surface area contributed by atoms with Crippen LogP contribution < -0.4 is 20.3 Å². The number of nitrogens with one attached hydrogen (secondary N) is 2. The standard InChI is InChI=1S/C22H13F9N2O4/c23-20(24,25)16-10-9-13(18(34)32-16)19(35)33-17(11-5-1-3-7-14(11)36-21(26,27)28)12-6-2-4-8-15(12)37-22(29,30)31/h1-10,17H,(H,32,34)(H,33,35). The molecule has 37 heavy (non-hydrogen) atoms. The molecule has 1 aromatic heterocycles. The summed E-state index contributed by atoms with van der Waals surface area (Å²) in [5.74, 6) is -3.24. The van der Waals surface area contributed by atoms with Crippen LogP contribution in [0.1, 0.15) is 33.2 Å². The fourth-order valence-electron chi connectivity index (χ4n) is 3.22. The lowest BCUT2D eigenvalue weighted by Crippen LogP contribution is -2.35. The van der Waals surface area contributed by atoms with Gasteiger partial charge in [-0.2, -0.15) is 13.2 Å². The summed E-state index contributed by atoms with van der Waals surface area (Å²) < 4.78 is 124. The first-order valence-corrected chi connectivity index (χ1v) is 9.86. The first-order valence-electron chi connectivity index (χ1n) is 9.86. The molecular formula is C22H13F9N2O4. The molecule has 0 spiro atoms. The zero-order chi connectivity index (χ0) is 27.6. The number of carbonyl (C=O) groups excluding carboxylic acids is 1. The second kappa shape index (κ2) is 10.1. The van der Waals surface area contributed by atoms with Crippen molar-refractivity contribution in [2.45, 2.75) is 24.9 Å². The normalized spacial score (nSPS) is 12.4. The van der Waals surface area contributed by atoms with E-state index in [2.05, 4.69) is 14.8 Å². The molecule has 0 unspecified atom stereocenters. The quantitative estimate of drug-likeness (QED) is 0.393. The van der Waals surface area contributed by atoms with E-state index in [-0.39, 0.29) is 0 Å². The minimum Gasteiger partial charge on any atom is -0.405 e. The van der Waals surface area contributed by atoms with Crippen molar-refractivity contribution in [1.29, 1.82) is 0 Å². The maximum absolute atomic E-state index is 13.0.